The largest absolute Gasteiger partial charge is 0.444 e. The first-order chi connectivity index (χ1) is 14.1. The third-order valence-corrected chi connectivity index (χ3v) is 6.60. The number of hydrogen-bond acceptors (Lipinski definition) is 7. The van der Waals surface area contributed by atoms with E-state index in [2.05, 4.69) is 20.5 Å². The van der Waals surface area contributed by atoms with Crippen LogP contribution in [-0.2, 0) is 5.75 Å². The van der Waals surface area contributed by atoms with Gasteiger partial charge >= 0.3 is 0 Å². The van der Waals surface area contributed by atoms with Crippen molar-refractivity contribution < 1.29 is 9.21 Å². The van der Waals surface area contributed by atoms with E-state index in [0.29, 0.717) is 36.6 Å². The van der Waals surface area contributed by atoms with Crippen molar-refractivity contribution in [1.82, 2.24) is 15.2 Å². The molecule has 0 aliphatic carbocycles. The topological polar surface area (TPSA) is 80.9 Å². The second-order valence-corrected chi connectivity index (χ2v) is 8.77. The van der Waals surface area contributed by atoms with E-state index in [1.807, 2.05) is 0 Å². The van der Waals surface area contributed by atoms with Crippen LogP contribution >= 0.6 is 46.3 Å². The summed E-state index contributed by atoms with van der Waals surface area (Å²) in [6.45, 7) is 0. The molecule has 0 saturated heterocycles. The van der Waals surface area contributed by atoms with E-state index in [4.69, 9.17) is 27.6 Å². The van der Waals surface area contributed by atoms with Gasteiger partial charge in [0.25, 0.3) is 5.91 Å². The Morgan fingerprint density at radius 1 is 1.10 bits per heavy atom. The number of halogens is 2. The maximum absolute atomic E-state index is 12.4. The molecule has 0 saturated carbocycles. The standard InChI is InChI=1S/C19H12Cl2N4O2S2/c20-14-2-1-3-15(21)13(14)9-28-19-25-24-18(29-19)23-17(26)12-6-4-11(5-7-12)16-8-22-10-27-16/h1-8,10H,9H2,(H,23,24,26). The normalized spacial score (nSPS) is 10.8. The maximum atomic E-state index is 12.4. The molecule has 0 aliphatic heterocycles. The van der Waals surface area contributed by atoms with Gasteiger partial charge in [0.15, 0.2) is 16.5 Å². The number of aromatic nitrogens is 3. The van der Waals surface area contributed by atoms with Crippen molar-refractivity contribution in [2.24, 2.45) is 0 Å². The Balaban J connectivity index is 1.38. The van der Waals surface area contributed by atoms with E-state index in [1.165, 1.54) is 29.5 Å². The van der Waals surface area contributed by atoms with Crippen LogP contribution in [0, 0.1) is 0 Å². The number of nitrogens with zero attached hydrogens (tertiary/aromatic N) is 3. The third kappa shape index (κ3) is 4.79. The summed E-state index contributed by atoms with van der Waals surface area (Å²) in [7, 11) is 0. The summed E-state index contributed by atoms with van der Waals surface area (Å²) < 4.78 is 5.95. The first-order valence-electron chi connectivity index (χ1n) is 8.29. The van der Waals surface area contributed by atoms with E-state index in [-0.39, 0.29) is 5.91 Å². The molecule has 29 heavy (non-hydrogen) atoms. The summed E-state index contributed by atoms with van der Waals surface area (Å²) in [5.74, 6) is 0.932. The molecule has 1 amide bonds. The van der Waals surface area contributed by atoms with Crippen LogP contribution in [0.1, 0.15) is 15.9 Å². The fraction of sp³-hybridized carbons (Fsp3) is 0.0526. The number of anilines is 1. The minimum absolute atomic E-state index is 0.268. The molecule has 10 heteroatoms. The number of carbonyl (C=O) groups is 1. The van der Waals surface area contributed by atoms with Crippen LogP contribution in [0.15, 0.2) is 63.8 Å². The summed E-state index contributed by atoms with van der Waals surface area (Å²) in [6, 6.07) is 12.4. The predicted octanol–water partition coefficient (Wildman–Crippen LogP) is 6.04. The lowest BCUT2D eigenvalue weighted by Gasteiger charge is -2.04. The molecular weight excluding hydrogens is 451 g/mol. The molecule has 2 aromatic carbocycles. The molecule has 0 aliphatic rings. The lowest BCUT2D eigenvalue weighted by Crippen LogP contribution is -2.11. The lowest BCUT2D eigenvalue weighted by molar-refractivity contribution is 0.102. The fourth-order valence-electron chi connectivity index (χ4n) is 2.44. The second kappa shape index (κ2) is 8.96. The van der Waals surface area contributed by atoms with Crippen molar-refractivity contribution in [3.05, 3.63) is 76.2 Å². The summed E-state index contributed by atoms with van der Waals surface area (Å²) in [5, 5.41) is 12.5. The highest BCUT2D eigenvalue weighted by atomic mass is 35.5. The van der Waals surface area contributed by atoms with E-state index < -0.39 is 0 Å². The fourth-order valence-corrected chi connectivity index (χ4v) is 4.92. The number of benzene rings is 2. The Hall–Kier alpha value is -2.39. The molecule has 0 spiro atoms. The van der Waals surface area contributed by atoms with Gasteiger partial charge in [-0.05, 0) is 29.8 Å². The number of hydrogen-bond donors (Lipinski definition) is 1. The summed E-state index contributed by atoms with van der Waals surface area (Å²) in [6.07, 6.45) is 2.98. The minimum atomic E-state index is -0.268. The van der Waals surface area contributed by atoms with E-state index >= 15 is 0 Å². The van der Waals surface area contributed by atoms with Crippen LogP contribution in [-0.4, -0.2) is 21.1 Å². The maximum Gasteiger partial charge on any atom is 0.257 e. The van der Waals surface area contributed by atoms with Crippen LogP contribution in [0.4, 0.5) is 5.13 Å². The molecule has 2 heterocycles. The molecule has 0 unspecified atom stereocenters. The highest BCUT2D eigenvalue weighted by Crippen LogP contribution is 2.33. The first-order valence-corrected chi connectivity index (χ1v) is 10.9. The Kier molecular flexibility index (Phi) is 6.15. The van der Waals surface area contributed by atoms with Gasteiger partial charge < -0.3 is 4.42 Å². The summed E-state index contributed by atoms with van der Waals surface area (Å²) in [5.41, 5.74) is 2.18. The van der Waals surface area contributed by atoms with Crippen LogP contribution < -0.4 is 5.32 Å². The van der Waals surface area contributed by atoms with Crippen LogP contribution in [0.5, 0.6) is 0 Å². The van der Waals surface area contributed by atoms with Crippen molar-refractivity contribution in [1.29, 1.82) is 0 Å². The molecule has 0 bridgehead atoms. The Morgan fingerprint density at radius 3 is 2.55 bits per heavy atom. The molecule has 6 nitrogen and oxygen atoms in total. The quantitative estimate of drug-likeness (QED) is 0.277. The molecule has 4 aromatic rings. The van der Waals surface area contributed by atoms with Crippen LogP contribution in [0.2, 0.25) is 10.0 Å². The highest BCUT2D eigenvalue weighted by Gasteiger charge is 2.13. The van der Waals surface area contributed by atoms with Crippen molar-refractivity contribution in [3.8, 4) is 11.3 Å². The van der Waals surface area contributed by atoms with Gasteiger partial charge in [0.2, 0.25) is 5.13 Å². The molecule has 2 aromatic heterocycles. The van der Waals surface area contributed by atoms with Crippen molar-refractivity contribution >= 4 is 57.3 Å². The predicted molar refractivity (Wildman–Crippen MR) is 116 cm³/mol. The van der Waals surface area contributed by atoms with Gasteiger partial charge in [-0.2, -0.15) is 0 Å². The number of oxazole rings is 1. The molecule has 0 atom stereocenters. The van der Waals surface area contributed by atoms with Gasteiger partial charge in [-0.15, -0.1) is 10.2 Å². The number of nitrogens with one attached hydrogen (secondary N) is 1. The lowest BCUT2D eigenvalue weighted by atomic mass is 10.1. The summed E-state index contributed by atoms with van der Waals surface area (Å²) in [4.78, 5) is 16.3. The molecule has 146 valence electrons. The number of amides is 1. The summed E-state index contributed by atoms with van der Waals surface area (Å²) >= 11 is 15.1. The van der Waals surface area contributed by atoms with Gasteiger partial charge in [-0.1, -0.05) is 64.5 Å². The van der Waals surface area contributed by atoms with Gasteiger partial charge in [-0.3, -0.25) is 10.1 Å². The molecule has 4 rings (SSSR count). The van der Waals surface area contributed by atoms with E-state index in [0.717, 1.165) is 11.1 Å². The van der Waals surface area contributed by atoms with Crippen LogP contribution in [0.3, 0.4) is 0 Å². The number of carbonyl (C=O) groups excluding carboxylic acids is 1. The minimum Gasteiger partial charge on any atom is -0.444 e. The van der Waals surface area contributed by atoms with Gasteiger partial charge in [0.05, 0.1) is 6.20 Å². The monoisotopic (exact) mass is 462 g/mol. The molecular formula is C19H12Cl2N4O2S2. The first kappa shape index (κ1) is 19.9. The number of thioether (sulfide) groups is 1. The van der Waals surface area contributed by atoms with Gasteiger partial charge in [0, 0.05) is 26.9 Å². The van der Waals surface area contributed by atoms with Crippen molar-refractivity contribution in [2.45, 2.75) is 10.1 Å². The van der Waals surface area contributed by atoms with Gasteiger partial charge in [0.1, 0.15) is 0 Å². The molecule has 0 fully saturated rings. The average molecular weight is 463 g/mol. The highest BCUT2D eigenvalue weighted by molar-refractivity contribution is 8.00. The Labute approximate surface area is 184 Å². The number of rotatable bonds is 6. The van der Waals surface area contributed by atoms with Crippen molar-refractivity contribution in [2.75, 3.05) is 5.32 Å². The van der Waals surface area contributed by atoms with Crippen LogP contribution in [0.25, 0.3) is 11.3 Å². The average Bonchev–Trinajstić information content (AvgIpc) is 3.40. The van der Waals surface area contributed by atoms with Crippen molar-refractivity contribution in [3.63, 3.8) is 0 Å². The molecule has 1 N–H and O–H groups in total. The zero-order valence-corrected chi connectivity index (χ0v) is 17.8. The van der Waals surface area contributed by atoms with E-state index in [9.17, 15) is 4.79 Å². The van der Waals surface area contributed by atoms with E-state index in [1.54, 1.807) is 48.7 Å². The third-order valence-electron chi connectivity index (χ3n) is 3.89. The zero-order chi connectivity index (χ0) is 20.2. The van der Waals surface area contributed by atoms with Gasteiger partial charge in [-0.25, -0.2) is 4.98 Å². The molecule has 0 radical (unpaired) electrons. The zero-order valence-electron chi connectivity index (χ0n) is 14.6. The Bertz CT molecular complexity index is 1110. The SMILES string of the molecule is O=C(Nc1nnc(SCc2c(Cl)cccc2Cl)s1)c1ccc(-c2cnco2)cc1. The smallest absolute Gasteiger partial charge is 0.257 e. The Morgan fingerprint density at radius 2 is 1.86 bits per heavy atom. The second-order valence-electron chi connectivity index (χ2n) is 5.76.